The Balaban J connectivity index is 1.87. The van der Waals surface area contributed by atoms with Gasteiger partial charge in [0.2, 0.25) is 0 Å². The lowest BCUT2D eigenvalue weighted by Gasteiger charge is -2.16. The predicted molar refractivity (Wildman–Crippen MR) is 87.3 cm³/mol. The average molecular weight is 326 g/mol. The Morgan fingerprint density at radius 1 is 1.12 bits per heavy atom. The van der Waals surface area contributed by atoms with E-state index in [4.69, 9.17) is 4.74 Å². The van der Waals surface area contributed by atoms with Crippen LogP contribution in [0, 0.1) is 0 Å². The number of benzene rings is 1. The molecule has 124 valence electrons. The fraction of sp³-hybridized carbons (Fsp3) is 0.222. The number of Topliss-reactive ketones (excluding diaryl/α,β-unsaturated/α-hetero) is 1. The molecular weight excluding hydrogens is 308 g/mol. The molecule has 2 rings (SSSR count). The summed E-state index contributed by atoms with van der Waals surface area (Å²) in [6, 6.07) is 11.9. The summed E-state index contributed by atoms with van der Waals surface area (Å²) in [7, 11) is 0. The van der Waals surface area contributed by atoms with Crippen LogP contribution < -0.4 is 5.32 Å². The third kappa shape index (κ3) is 5.31. The minimum Gasteiger partial charge on any atom is -0.452 e. The molecule has 2 aromatic rings. The summed E-state index contributed by atoms with van der Waals surface area (Å²) >= 11 is 0. The molecule has 6 nitrogen and oxygen atoms in total. The first-order valence-corrected chi connectivity index (χ1v) is 7.47. The lowest BCUT2D eigenvalue weighted by molar-refractivity contribution is -0.128. The highest BCUT2D eigenvalue weighted by Gasteiger charge is 2.18. The molecule has 24 heavy (non-hydrogen) atoms. The number of carbonyl (C=O) groups is 3. The zero-order valence-electron chi connectivity index (χ0n) is 13.3. The highest BCUT2D eigenvalue weighted by Crippen LogP contribution is 2.04. The first-order valence-electron chi connectivity index (χ1n) is 7.47. The summed E-state index contributed by atoms with van der Waals surface area (Å²) in [5.41, 5.74) is 1.20. The molecule has 0 aliphatic heterocycles. The van der Waals surface area contributed by atoms with Crippen molar-refractivity contribution in [3.8, 4) is 0 Å². The minimum absolute atomic E-state index is 0.161. The maximum absolute atomic E-state index is 11.9. The number of aromatic nitrogens is 1. The van der Waals surface area contributed by atoms with Gasteiger partial charge in [0.05, 0.1) is 11.6 Å². The van der Waals surface area contributed by atoms with Crippen LogP contribution >= 0.6 is 0 Å². The van der Waals surface area contributed by atoms with Crippen molar-refractivity contribution in [2.75, 3.05) is 6.61 Å². The Morgan fingerprint density at radius 3 is 2.50 bits per heavy atom. The molecule has 0 aliphatic carbocycles. The molecule has 0 fully saturated rings. The summed E-state index contributed by atoms with van der Waals surface area (Å²) in [5.74, 6) is -1.32. The summed E-state index contributed by atoms with van der Waals surface area (Å²) < 4.78 is 4.92. The van der Waals surface area contributed by atoms with Gasteiger partial charge in [-0.3, -0.25) is 14.6 Å². The van der Waals surface area contributed by atoms with Crippen LogP contribution in [0.3, 0.4) is 0 Å². The number of nitrogens with zero attached hydrogens (tertiary/aromatic N) is 1. The van der Waals surface area contributed by atoms with Gasteiger partial charge < -0.3 is 10.1 Å². The molecule has 1 aromatic heterocycles. The molecule has 0 unspecified atom stereocenters. The predicted octanol–water partition coefficient (Wildman–Crippen LogP) is 1.55. The van der Waals surface area contributed by atoms with Crippen molar-refractivity contribution in [3.63, 3.8) is 0 Å². The van der Waals surface area contributed by atoms with Crippen LogP contribution in [-0.2, 0) is 20.7 Å². The van der Waals surface area contributed by atoms with Gasteiger partial charge in [-0.15, -0.1) is 0 Å². The molecular formula is C18H18N2O4. The maximum atomic E-state index is 11.9. The van der Waals surface area contributed by atoms with Crippen LogP contribution in [-0.4, -0.2) is 35.3 Å². The van der Waals surface area contributed by atoms with Gasteiger partial charge in [0.1, 0.15) is 0 Å². The molecule has 1 N–H and O–H groups in total. The highest BCUT2D eigenvalue weighted by molar-refractivity contribution is 5.92. The molecule has 6 heteroatoms. The van der Waals surface area contributed by atoms with Crippen LogP contribution in [0.2, 0.25) is 0 Å². The van der Waals surface area contributed by atoms with E-state index >= 15 is 0 Å². The monoisotopic (exact) mass is 326 g/mol. The molecule has 1 amide bonds. The quantitative estimate of drug-likeness (QED) is 0.780. The lowest BCUT2D eigenvalue weighted by atomic mass is 10.0. The number of ether oxygens (including phenoxy) is 1. The zero-order chi connectivity index (χ0) is 17.4. The number of nitrogens with one attached hydrogen (secondary N) is 1. The number of amides is 1. The van der Waals surface area contributed by atoms with Gasteiger partial charge in [-0.25, -0.2) is 4.79 Å². The van der Waals surface area contributed by atoms with Gasteiger partial charge in [-0.1, -0.05) is 30.3 Å². The van der Waals surface area contributed by atoms with E-state index in [2.05, 4.69) is 10.3 Å². The minimum atomic E-state index is -0.656. The van der Waals surface area contributed by atoms with Crippen molar-refractivity contribution in [2.45, 2.75) is 19.4 Å². The lowest BCUT2D eigenvalue weighted by Crippen LogP contribution is -2.43. The number of hydrogen-bond donors (Lipinski definition) is 1. The van der Waals surface area contributed by atoms with E-state index in [1.54, 1.807) is 12.1 Å². The van der Waals surface area contributed by atoms with Crippen molar-refractivity contribution in [3.05, 3.63) is 66.0 Å². The number of hydrogen-bond acceptors (Lipinski definition) is 5. The van der Waals surface area contributed by atoms with Gasteiger partial charge >= 0.3 is 5.97 Å². The largest absolute Gasteiger partial charge is 0.452 e. The molecule has 1 aromatic carbocycles. The first kappa shape index (κ1) is 17.3. The van der Waals surface area contributed by atoms with E-state index in [1.165, 1.54) is 19.3 Å². The third-order valence-electron chi connectivity index (χ3n) is 3.34. The van der Waals surface area contributed by atoms with Crippen LogP contribution in [0.25, 0.3) is 0 Å². The van der Waals surface area contributed by atoms with E-state index < -0.39 is 24.5 Å². The Hall–Kier alpha value is -3.02. The molecule has 0 aliphatic rings. The summed E-state index contributed by atoms with van der Waals surface area (Å²) in [5, 5.41) is 2.59. The van der Waals surface area contributed by atoms with Crippen molar-refractivity contribution in [2.24, 2.45) is 0 Å². The molecule has 1 atom stereocenters. The SMILES string of the molecule is CC(=O)[C@H](Cc1ccccc1)NC(=O)COC(=O)c1cccnc1. The molecule has 0 spiro atoms. The second kappa shape index (κ2) is 8.57. The van der Waals surface area contributed by atoms with Crippen molar-refractivity contribution in [1.29, 1.82) is 0 Å². The first-order chi connectivity index (χ1) is 11.6. The number of carbonyl (C=O) groups excluding carboxylic acids is 3. The van der Waals surface area contributed by atoms with Crippen LogP contribution in [0.1, 0.15) is 22.8 Å². The van der Waals surface area contributed by atoms with Crippen LogP contribution in [0.5, 0.6) is 0 Å². The maximum Gasteiger partial charge on any atom is 0.340 e. The fourth-order valence-electron chi connectivity index (χ4n) is 2.08. The normalized spacial score (nSPS) is 11.4. The number of ketones is 1. The van der Waals surface area contributed by atoms with Gasteiger partial charge in [0, 0.05) is 12.4 Å². The van der Waals surface area contributed by atoms with Gasteiger partial charge in [0.25, 0.3) is 5.91 Å². The standard InChI is InChI=1S/C18H18N2O4/c1-13(21)16(10-14-6-3-2-4-7-14)20-17(22)12-24-18(23)15-8-5-9-19-11-15/h2-9,11,16H,10,12H2,1H3,(H,20,22)/t16-/m0/s1. The highest BCUT2D eigenvalue weighted by atomic mass is 16.5. The Bertz CT molecular complexity index is 701. The fourth-order valence-corrected chi connectivity index (χ4v) is 2.08. The Morgan fingerprint density at radius 2 is 1.88 bits per heavy atom. The van der Waals surface area contributed by atoms with Crippen LogP contribution in [0.15, 0.2) is 54.9 Å². The van der Waals surface area contributed by atoms with E-state index in [0.29, 0.717) is 6.42 Å². The zero-order valence-corrected chi connectivity index (χ0v) is 13.3. The second-order valence-electron chi connectivity index (χ2n) is 5.24. The van der Waals surface area contributed by atoms with E-state index in [-0.39, 0.29) is 11.3 Å². The van der Waals surface area contributed by atoms with Crippen molar-refractivity contribution >= 4 is 17.7 Å². The summed E-state index contributed by atoms with van der Waals surface area (Å²) in [6.45, 7) is 0.960. The smallest absolute Gasteiger partial charge is 0.340 e. The van der Waals surface area contributed by atoms with Crippen molar-refractivity contribution in [1.82, 2.24) is 10.3 Å². The average Bonchev–Trinajstić information content (AvgIpc) is 2.60. The number of rotatable bonds is 7. The topological polar surface area (TPSA) is 85.4 Å². The molecule has 0 saturated carbocycles. The Labute approximate surface area is 139 Å². The Kier molecular flexibility index (Phi) is 6.19. The molecule has 0 saturated heterocycles. The second-order valence-corrected chi connectivity index (χ2v) is 5.24. The molecule has 0 radical (unpaired) electrons. The van der Waals surface area contributed by atoms with E-state index in [1.807, 2.05) is 30.3 Å². The number of pyridine rings is 1. The van der Waals surface area contributed by atoms with Crippen molar-refractivity contribution < 1.29 is 19.1 Å². The van der Waals surface area contributed by atoms with Gasteiger partial charge in [-0.05, 0) is 31.0 Å². The molecule has 0 bridgehead atoms. The van der Waals surface area contributed by atoms with Gasteiger partial charge in [-0.2, -0.15) is 0 Å². The molecule has 1 heterocycles. The van der Waals surface area contributed by atoms with Gasteiger partial charge in [0.15, 0.2) is 12.4 Å². The van der Waals surface area contributed by atoms with Crippen LogP contribution in [0.4, 0.5) is 0 Å². The summed E-state index contributed by atoms with van der Waals surface area (Å²) in [6.07, 6.45) is 3.27. The number of esters is 1. The summed E-state index contributed by atoms with van der Waals surface area (Å²) in [4.78, 5) is 39.2. The van der Waals surface area contributed by atoms with E-state index in [9.17, 15) is 14.4 Å². The third-order valence-corrected chi connectivity index (χ3v) is 3.34. The van der Waals surface area contributed by atoms with E-state index in [0.717, 1.165) is 5.56 Å².